The van der Waals surface area contributed by atoms with E-state index in [9.17, 15) is 14.7 Å². The van der Waals surface area contributed by atoms with Gasteiger partial charge in [0, 0.05) is 16.1 Å². The summed E-state index contributed by atoms with van der Waals surface area (Å²) in [5.74, 6) is -2.47. The summed E-state index contributed by atoms with van der Waals surface area (Å²) in [7, 11) is 0. The molecule has 2 aromatic rings. The lowest BCUT2D eigenvalue weighted by Crippen LogP contribution is -2.34. The van der Waals surface area contributed by atoms with Crippen molar-refractivity contribution in [1.82, 2.24) is 4.98 Å². The average Bonchev–Trinajstić information content (AvgIpc) is 2.57. The Labute approximate surface area is 141 Å². The quantitative estimate of drug-likeness (QED) is 0.804. The highest BCUT2D eigenvalue weighted by Gasteiger charge is 2.34. The van der Waals surface area contributed by atoms with Gasteiger partial charge in [0.25, 0.3) is 0 Å². The van der Waals surface area contributed by atoms with Crippen molar-refractivity contribution in [3.8, 4) is 0 Å². The molecule has 1 aliphatic rings. The minimum Gasteiger partial charge on any atom is -0.481 e. The first kappa shape index (κ1) is 15.7. The molecule has 23 heavy (non-hydrogen) atoms. The first-order chi connectivity index (χ1) is 11.1. The van der Waals surface area contributed by atoms with E-state index in [1.165, 1.54) is 0 Å². The summed E-state index contributed by atoms with van der Waals surface area (Å²) < 4.78 is 0.891. The number of hydrogen-bond donors (Lipinski definition) is 2. The van der Waals surface area contributed by atoms with Gasteiger partial charge in [0.15, 0.2) is 0 Å². The Bertz CT molecular complexity index is 804. The molecule has 2 atom stereocenters. The van der Waals surface area contributed by atoms with Gasteiger partial charge in [-0.1, -0.05) is 34.1 Å². The molecular formula is C17H15BrN2O3. The summed E-state index contributed by atoms with van der Waals surface area (Å²) in [6.07, 6.45) is 6.16. The smallest absolute Gasteiger partial charge is 0.307 e. The van der Waals surface area contributed by atoms with E-state index in [2.05, 4.69) is 26.2 Å². The minimum absolute atomic E-state index is 0.281. The number of fused-ring (bicyclic) bond motifs is 1. The third-order valence-corrected chi connectivity index (χ3v) is 4.75. The number of aliphatic carboxylic acids is 1. The van der Waals surface area contributed by atoms with Crippen LogP contribution in [0.2, 0.25) is 0 Å². The van der Waals surface area contributed by atoms with Crippen molar-refractivity contribution in [2.24, 2.45) is 11.8 Å². The molecule has 1 aliphatic carbocycles. The number of nitrogens with one attached hydrogen (secondary N) is 1. The molecule has 2 N–H and O–H groups in total. The summed E-state index contributed by atoms with van der Waals surface area (Å²) in [4.78, 5) is 28.2. The summed E-state index contributed by atoms with van der Waals surface area (Å²) >= 11 is 3.46. The van der Waals surface area contributed by atoms with E-state index in [1.807, 2.05) is 30.4 Å². The number of halogens is 1. The van der Waals surface area contributed by atoms with Crippen molar-refractivity contribution < 1.29 is 14.7 Å². The van der Waals surface area contributed by atoms with E-state index in [0.717, 1.165) is 9.86 Å². The summed E-state index contributed by atoms with van der Waals surface area (Å²) in [5.41, 5.74) is 1.26. The van der Waals surface area contributed by atoms with Gasteiger partial charge in [-0.05, 0) is 31.0 Å². The molecule has 1 aromatic carbocycles. The number of nitrogens with zero attached hydrogens (tertiary/aromatic N) is 1. The van der Waals surface area contributed by atoms with Gasteiger partial charge < -0.3 is 10.4 Å². The van der Waals surface area contributed by atoms with Gasteiger partial charge in [0.2, 0.25) is 5.91 Å². The topological polar surface area (TPSA) is 79.3 Å². The molecule has 118 valence electrons. The van der Waals surface area contributed by atoms with Gasteiger partial charge in [0.05, 0.1) is 23.0 Å². The van der Waals surface area contributed by atoms with Crippen LogP contribution in [0.15, 0.2) is 47.1 Å². The molecule has 1 heterocycles. The van der Waals surface area contributed by atoms with Crippen LogP contribution in [0.4, 0.5) is 5.69 Å². The fraction of sp³-hybridized carbons (Fsp3) is 0.235. The lowest BCUT2D eigenvalue weighted by atomic mass is 9.82. The number of carboxylic acid groups (broad SMARTS) is 1. The molecule has 1 amide bonds. The number of hydrogen-bond acceptors (Lipinski definition) is 3. The van der Waals surface area contributed by atoms with Crippen LogP contribution in [-0.2, 0) is 9.59 Å². The first-order valence-corrected chi connectivity index (χ1v) is 8.09. The van der Waals surface area contributed by atoms with Crippen molar-refractivity contribution in [3.63, 3.8) is 0 Å². The van der Waals surface area contributed by atoms with Crippen LogP contribution in [0.1, 0.15) is 12.8 Å². The summed E-state index contributed by atoms with van der Waals surface area (Å²) in [5, 5.41) is 13.0. The second-order valence-electron chi connectivity index (χ2n) is 5.48. The number of carbonyl (C=O) groups excluding carboxylic acids is 1. The molecule has 0 bridgehead atoms. The number of aromatic nitrogens is 1. The molecule has 0 spiro atoms. The monoisotopic (exact) mass is 374 g/mol. The Morgan fingerprint density at radius 1 is 1.17 bits per heavy atom. The molecule has 0 aliphatic heterocycles. The number of allylic oxidation sites excluding steroid dienone is 2. The highest BCUT2D eigenvalue weighted by atomic mass is 79.9. The molecule has 0 unspecified atom stereocenters. The molecule has 6 heteroatoms. The van der Waals surface area contributed by atoms with E-state index in [0.29, 0.717) is 24.0 Å². The van der Waals surface area contributed by atoms with Crippen molar-refractivity contribution in [3.05, 3.63) is 47.1 Å². The van der Waals surface area contributed by atoms with Crippen LogP contribution in [0.25, 0.3) is 10.9 Å². The van der Waals surface area contributed by atoms with Crippen LogP contribution in [0.5, 0.6) is 0 Å². The van der Waals surface area contributed by atoms with E-state index in [1.54, 1.807) is 12.3 Å². The summed E-state index contributed by atoms with van der Waals surface area (Å²) in [6.45, 7) is 0. The van der Waals surface area contributed by atoms with Gasteiger partial charge in [-0.2, -0.15) is 0 Å². The number of carbonyl (C=O) groups is 2. The van der Waals surface area contributed by atoms with Crippen molar-refractivity contribution in [1.29, 1.82) is 0 Å². The fourth-order valence-electron chi connectivity index (χ4n) is 2.84. The molecule has 0 fully saturated rings. The van der Waals surface area contributed by atoms with E-state index < -0.39 is 17.8 Å². The molecule has 0 saturated carbocycles. The van der Waals surface area contributed by atoms with Crippen LogP contribution in [0.3, 0.4) is 0 Å². The van der Waals surface area contributed by atoms with Crippen LogP contribution < -0.4 is 5.32 Å². The van der Waals surface area contributed by atoms with Gasteiger partial charge in [-0.15, -0.1) is 0 Å². The van der Waals surface area contributed by atoms with Crippen LogP contribution in [0, 0.1) is 11.8 Å². The SMILES string of the molecule is O=C(O)[C@@H]1CC=CC[C@H]1C(=O)Nc1ccc(Br)c2cccnc12. The molecule has 1 aromatic heterocycles. The van der Waals surface area contributed by atoms with Crippen molar-refractivity contribution in [2.75, 3.05) is 5.32 Å². The van der Waals surface area contributed by atoms with Crippen LogP contribution >= 0.6 is 15.9 Å². The molecule has 0 radical (unpaired) electrons. The Balaban J connectivity index is 1.90. The highest BCUT2D eigenvalue weighted by Crippen LogP contribution is 2.31. The average molecular weight is 375 g/mol. The molecular weight excluding hydrogens is 360 g/mol. The number of carboxylic acids is 1. The molecule has 0 saturated heterocycles. The summed E-state index contributed by atoms with van der Waals surface area (Å²) in [6, 6.07) is 7.34. The number of benzene rings is 1. The number of pyridine rings is 1. The van der Waals surface area contributed by atoms with E-state index in [4.69, 9.17) is 0 Å². The fourth-order valence-corrected chi connectivity index (χ4v) is 3.29. The largest absolute Gasteiger partial charge is 0.481 e. The minimum atomic E-state index is -0.937. The van der Waals surface area contributed by atoms with Gasteiger partial charge in [-0.3, -0.25) is 14.6 Å². The third kappa shape index (κ3) is 3.12. The number of anilines is 1. The Morgan fingerprint density at radius 3 is 2.65 bits per heavy atom. The van der Waals surface area contributed by atoms with Crippen molar-refractivity contribution >= 4 is 44.4 Å². The van der Waals surface area contributed by atoms with E-state index >= 15 is 0 Å². The maximum absolute atomic E-state index is 12.6. The lowest BCUT2D eigenvalue weighted by molar-refractivity contribution is -0.146. The Kier molecular flexibility index (Phi) is 4.43. The van der Waals surface area contributed by atoms with Gasteiger partial charge >= 0.3 is 5.97 Å². The molecule has 5 nitrogen and oxygen atoms in total. The number of rotatable bonds is 3. The maximum Gasteiger partial charge on any atom is 0.307 e. The molecule has 3 rings (SSSR count). The van der Waals surface area contributed by atoms with E-state index in [-0.39, 0.29) is 5.91 Å². The zero-order chi connectivity index (χ0) is 16.4. The normalized spacial score (nSPS) is 20.4. The predicted octanol–water partition coefficient (Wildman–Crippen LogP) is 3.60. The van der Waals surface area contributed by atoms with Gasteiger partial charge in [0.1, 0.15) is 0 Å². The second kappa shape index (κ2) is 6.50. The lowest BCUT2D eigenvalue weighted by Gasteiger charge is -2.24. The highest BCUT2D eigenvalue weighted by molar-refractivity contribution is 9.10. The zero-order valence-electron chi connectivity index (χ0n) is 12.2. The predicted molar refractivity (Wildman–Crippen MR) is 91.1 cm³/mol. The van der Waals surface area contributed by atoms with Crippen molar-refractivity contribution in [2.45, 2.75) is 12.8 Å². The standard InChI is InChI=1S/C17H15BrN2O3/c18-13-7-8-14(15-12(13)6-3-9-19-15)20-16(21)10-4-1-2-5-11(10)17(22)23/h1-3,6-11H,4-5H2,(H,20,21)(H,22,23)/t10-,11-/m1/s1. The van der Waals surface area contributed by atoms with Gasteiger partial charge in [-0.25, -0.2) is 0 Å². The van der Waals surface area contributed by atoms with Crippen LogP contribution in [-0.4, -0.2) is 22.0 Å². The maximum atomic E-state index is 12.6. The first-order valence-electron chi connectivity index (χ1n) is 7.30. The third-order valence-electron chi connectivity index (χ3n) is 4.06. The Morgan fingerprint density at radius 2 is 1.91 bits per heavy atom. The second-order valence-corrected chi connectivity index (χ2v) is 6.33. The Hall–Kier alpha value is -2.21. The zero-order valence-corrected chi connectivity index (χ0v) is 13.8. The number of amides is 1.